The monoisotopic (exact) mass is 455 g/mol. The van der Waals surface area contributed by atoms with Gasteiger partial charge in [-0.15, -0.1) is 13.2 Å². The predicted octanol–water partition coefficient (Wildman–Crippen LogP) is 4.17. The molecule has 0 aliphatic carbocycles. The van der Waals surface area contributed by atoms with Crippen molar-refractivity contribution >= 4 is 27.3 Å². The first-order chi connectivity index (χ1) is 14.5. The number of hydrogen-bond donors (Lipinski definition) is 2. The van der Waals surface area contributed by atoms with Crippen LogP contribution in [0.15, 0.2) is 53.4 Å². The van der Waals surface area contributed by atoms with Crippen molar-refractivity contribution in [2.75, 3.05) is 18.4 Å². The molecule has 2 N–H and O–H groups in total. The van der Waals surface area contributed by atoms with Gasteiger partial charge in [-0.05, 0) is 62.0 Å². The summed E-state index contributed by atoms with van der Waals surface area (Å²) in [6.45, 7) is 3.00. The van der Waals surface area contributed by atoms with Crippen LogP contribution in [0, 0.1) is 6.92 Å². The molecule has 0 aromatic heterocycles. The van der Waals surface area contributed by atoms with Crippen molar-refractivity contribution in [2.24, 2.45) is 0 Å². The quantitative estimate of drug-likeness (QED) is 0.665. The van der Waals surface area contributed by atoms with Crippen molar-refractivity contribution in [3.8, 4) is 5.75 Å². The van der Waals surface area contributed by atoms with Crippen LogP contribution in [-0.4, -0.2) is 45.9 Å². The van der Waals surface area contributed by atoms with Gasteiger partial charge >= 0.3 is 12.4 Å². The van der Waals surface area contributed by atoms with Crippen LogP contribution in [0.3, 0.4) is 0 Å². The fraction of sp³-hybridized carbons (Fsp3) is 0.333. The molecule has 2 amide bonds. The highest BCUT2D eigenvalue weighted by molar-refractivity contribution is 7.98. The second kappa shape index (κ2) is 9.19. The molecule has 1 aliphatic heterocycles. The molecule has 1 unspecified atom stereocenters. The fourth-order valence-corrected chi connectivity index (χ4v) is 4.95. The first-order valence-electron chi connectivity index (χ1n) is 9.65. The van der Waals surface area contributed by atoms with E-state index in [4.69, 9.17) is 0 Å². The van der Waals surface area contributed by atoms with Gasteiger partial charge in [0.25, 0.3) is 0 Å². The molecule has 168 valence electrons. The highest BCUT2D eigenvalue weighted by Gasteiger charge is 2.31. The maximum atomic E-state index is 13.2. The minimum atomic E-state index is -4.77. The Balaban J connectivity index is 1.49. The van der Waals surface area contributed by atoms with Crippen LogP contribution < -0.4 is 15.4 Å². The number of alkyl halides is 3. The van der Waals surface area contributed by atoms with Crippen LogP contribution in [0.5, 0.6) is 5.75 Å². The molecule has 1 atom stereocenters. The number of amides is 2. The lowest BCUT2D eigenvalue weighted by Gasteiger charge is -2.34. The van der Waals surface area contributed by atoms with Gasteiger partial charge in [-0.3, -0.25) is 0 Å². The summed E-state index contributed by atoms with van der Waals surface area (Å²) in [6.07, 6.45) is -3.56. The molecule has 31 heavy (non-hydrogen) atoms. The average Bonchev–Trinajstić information content (AvgIpc) is 2.69. The third-order valence-corrected chi connectivity index (χ3v) is 7.15. The number of piperidine rings is 1. The van der Waals surface area contributed by atoms with E-state index in [0.717, 1.165) is 17.7 Å². The maximum absolute atomic E-state index is 13.2. The maximum Gasteiger partial charge on any atom is 0.573 e. The first-order valence-corrected chi connectivity index (χ1v) is 11.3. The highest BCUT2D eigenvalue weighted by atomic mass is 32.2. The van der Waals surface area contributed by atoms with E-state index >= 15 is 0 Å². The minimum absolute atomic E-state index is 0.114. The zero-order valence-corrected chi connectivity index (χ0v) is 17.8. The third-order valence-electron chi connectivity index (χ3n) is 4.94. The number of carbonyl (C=O) groups excluding carboxylic acids is 1. The van der Waals surface area contributed by atoms with Crippen molar-refractivity contribution < 1.29 is 26.9 Å². The molecule has 1 fully saturated rings. The van der Waals surface area contributed by atoms with Crippen molar-refractivity contribution in [1.29, 1.82) is 0 Å². The Kier molecular flexibility index (Phi) is 6.80. The zero-order chi connectivity index (χ0) is 22.6. The largest absolute Gasteiger partial charge is 0.573 e. The lowest BCUT2D eigenvalue weighted by Crippen LogP contribution is -2.47. The Labute approximate surface area is 179 Å². The molecule has 1 heterocycles. The van der Waals surface area contributed by atoms with Gasteiger partial charge in [-0.25, -0.2) is 13.3 Å². The van der Waals surface area contributed by atoms with Gasteiger partial charge in [0.05, 0.1) is 9.71 Å². The Morgan fingerprint density at radius 2 is 1.68 bits per heavy atom. The number of benzene rings is 2. The molecule has 6 nitrogen and oxygen atoms in total. The normalized spacial score (nSPS) is 17.5. The summed E-state index contributed by atoms with van der Waals surface area (Å²) in [6, 6.07) is 11.8. The smallest absolute Gasteiger partial charge is 0.406 e. The van der Waals surface area contributed by atoms with Gasteiger partial charge in [0.2, 0.25) is 0 Å². The van der Waals surface area contributed by atoms with Crippen LogP contribution in [0.2, 0.25) is 0 Å². The van der Waals surface area contributed by atoms with Crippen LogP contribution in [0.1, 0.15) is 18.4 Å². The summed E-state index contributed by atoms with van der Waals surface area (Å²) in [5, 5.41) is 5.42. The number of nitrogens with zero attached hydrogens (tertiary/aromatic N) is 1. The van der Waals surface area contributed by atoms with Gasteiger partial charge in [0, 0.05) is 29.7 Å². The molecule has 1 aliphatic rings. The topological polar surface area (TPSA) is 70.7 Å². The third kappa shape index (κ3) is 6.38. The van der Waals surface area contributed by atoms with Crippen LogP contribution in [-0.2, 0) is 9.71 Å². The van der Waals surface area contributed by atoms with Gasteiger partial charge in [0.15, 0.2) is 0 Å². The molecule has 2 aromatic rings. The van der Waals surface area contributed by atoms with Crippen LogP contribution in [0.25, 0.3) is 0 Å². The van der Waals surface area contributed by atoms with Crippen molar-refractivity contribution in [3.05, 3.63) is 54.1 Å². The van der Waals surface area contributed by atoms with Gasteiger partial charge in [0.1, 0.15) is 5.75 Å². The van der Waals surface area contributed by atoms with Crippen molar-refractivity contribution in [3.63, 3.8) is 0 Å². The molecular weight excluding hydrogens is 431 g/mol. The SMILES string of the molecule is C=S(=O)(c1ccc(C)cc1)N1CCC(NC(=O)Nc2ccc(OC(F)(F)F)cc2)CC1. The minimum Gasteiger partial charge on any atom is -0.406 e. The van der Waals surface area contributed by atoms with Gasteiger partial charge in [-0.2, -0.15) is 0 Å². The number of nitrogens with one attached hydrogen (secondary N) is 2. The number of ether oxygens (including phenoxy) is 1. The predicted molar refractivity (Wildman–Crippen MR) is 115 cm³/mol. The molecular formula is C21H24F3N3O3S. The van der Waals surface area contributed by atoms with E-state index in [0.29, 0.717) is 36.5 Å². The molecule has 0 radical (unpaired) electrons. The Bertz CT molecular complexity index is 999. The van der Waals surface area contributed by atoms with Gasteiger partial charge < -0.3 is 15.4 Å². The standard InChI is InChI=1S/C21H24F3N3O3S/c1-15-3-9-19(10-4-15)31(2,29)27-13-11-17(12-14-27)26-20(28)25-16-5-7-18(8-6-16)30-21(22,23)24/h3-10,17H,2,11-14H2,1H3,(H2,25,26,28). The summed E-state index contributed by atoms with van der Waals surface area (Å²) in [7, 11) is -2.58. The van der Waals surface area contributed by atoms with Crippen molar-refractivity contribution in [2.45, 2.75) is 37.1 Å². The molecule has 2 aromatic carbocycles. The molecule has 0 saturated carbocycles. The average molecular weight is 456 g/mol. The molecule has 0 bridgehead atoms. The molecule has 1 saturated heterocycles. The van der Waals surface area contributed by atoms with E-state index in [1.807, 2.05) is 35.5 Å². The lowest BCUT2D eigenvalue weighted by molar-refractivity contribution is -0.274. The van der Waals surface area contributed by atoms with E-state index in [9.17, 15) is 22.2 Å². The number of rotatable bonds is 5. The zero-order valence-electron chi connectivity index (χ0n) is 16.9. The van der Waals surface area contributed by atoms with Crippen LogP contribution >= 0.6 is 0 Å². The van der Waals surface area contributed by atoms with E-state index in [1.165, 1.54) is 12.1 Å². The number of hydrogen-bond acceptors (Lipinski definition) is 3. The Morgan fingerprint density at radius 1 is 1.10 bits per heavy atom. The van der Waals surface area contributed by atoms with Gasteiger partial charge in [-0.1, -0.05) is 17.7 Å². The number of aryl methyl sites for hydroxylation is 1. The van der Waals surface area contributed by atoms with E-state index in [2.05, 4.69) is 21.2 Å². The van der Waals surface area contributed by atoms with E-state index in [1.54, 1.807) is 0 Å². The molecule has 0 spiro atoms. The van der Waals surface area contributed by atoms with E-state index < -0.39 is 22.1 Å². The Morgan fingerprint density at radius 3 is 2.23 bits per heavy atom. The highest BCUT2D eigenvalue weighted by Crippen LogP contribution is 2.24. The summed E-state index contributed by atoms with van der Waals surface area (Å²) in [4.78, 5) is 12.9. The number of halogens is 3. The second-order valence-electron chi connectivity index (χ2n) is 7.33. The van der Waals surface area contributed by atoms with Crippen LogP contribution in [0.4, 0.5) is 23.7 Å². The van der Waals surface area contributed by atoms with Crippen molar-refractivity contribution in [1.82, 2.24) is 9.62 Å². The fourth-order valence-electron chi connectivity index (χ4n) is 3.29. The molecule has 3 rings (SSSR count). The first kappa shape index (κ1) is 23.0. The van der Waals surface area contributed by atoms with E-state index in [-0.39, 0.29) is 11.8 Å². The lowest BCUT2D eigenvalue weighted by atomic mass is 10.1. The second-order valence-corrected chi connectivity index (χ2v) is 9.60. The number of carbonyl (C=O) groups is 1. The Hall–Kier alpha value is -2.72. The molecule has 10 heteroatoms. The number of anilines is 1. The summed E-state index contributed by atoms with van der Waals surface area (Å²) in [5.74, 6) is 3.57. The summed E-state index contributed by atoms with van der Waals surface area (Å²) < 4.78 is 55.4. The summed E-state index contributed by atoms with van der Waals surface area (Å²) >= 11 is 0. The number of urea groups is 1. The summed E-state index contributed by atoms with van der Waals surface area (Å²) in [5.41, 5.74) is 1.42.